The molecule has 1 rings (SSSR count). The Morgan fingerprint density at radius 1 is 1.31 bits per heavy atom. The summed E-state index contributed by atoms with van der Waals surface area (Å²) in [7, 11) is 2.88. The summed E-state index contributed by atoms with van der Waals surface area (Å²) in [6, 6.07) is -0.475. The van der Waals surface area contributed by atoms with Crippen LogP contribution in [0.3, 0.4) is 0 Å². The molecule has 13 heavy (non-hydrogen) atoms. The lowest BCUT2D eigenvalue weighted by atomic mass is 9.87. The number of carbonyl (C=O) groups is 2. The van der Waals surface area contributed by atoms with Crippen LogP contribution >= 0.6 is 0 Å². The molecule has 0 aromatic carbocycles. The van der Waals surface area contributed by atoms with E-state index in [1.165, 1.54) is 14.1 Å². The van der Waals surface area contributed by atoms with Crippen molar-refractivity contribution < 1.29 is 14.7 Å². The Bertz CT molecular complexity index is 262. The molecule has 0 aliphatic carbocycles. The van der Waals surface area contributed by atoms with Crippen LogP contribution in [0.4, 0.5) is 4.79 Å². The maximum Gasteiger partial charge on any atom is 0.328 e. The van der Waals surface area contributed by atoms with E-state index < -0.39 is 17.7 Å². The minimum atomic E-state index is -1.05. The van der Waals surface area contributed by atoms with E-state index in [-0.39, 0.29) is 5.91 Å². The number of hydrogen-bond acceptors (Lipinski definition) is 3. The topological polar surface area (TPSA) is 60.9 Å². The summed E-state index contributed by atoms with van der Waals surface area (Å²) in [5.74, 6) is -0.358. The van der Waals surface area contributed by atoms with Crippen molar-refractivity contribution in [2.75, 3.05) is 14.1 Å². The van der Waals surface area contributed by atoms with Gasteiger partial charge in [0, 0.05) is 14.1 Å². The van der Waals surface area contributed by atoms with Crippen LogP contribution in [0.25, 0.3) is 0 Å². The summed E-state index contributed by atoms with van der Waals surface area (Å²) in [5, 5.41) is 9.62. The van der Waals surface area contributed by atoms with Gasteiger partial charge in [0.1, 0.15) is 6.23 Å². The van der Waals surface area contributed by atoms with Gasteiger partial charge in [-0.25, -0.2) is 4.79 Å². The van der Waals surface area contributed by atoms with Crippen molar-refractivity contribution in [2.24, 2.45) is 5.41 Å². The third-order valence-electron chi connectivity index (χ3n) is 2.46. The highest BCUT2D eigenvalue weighted by molar-refractivity contribution is 5.99. The zero-order chi connectivity index (χ0) is 10.4. The molecular weight excluding hydrogens is 172 g/mol. The second-order valence-electron chi connectivity index (χ2n) is 3.85. The van der Waals surface area contributed by atoms with E-state index in [0.717, 1.165) is 9.80 Å². The quantitative estimate of drug-likeness (QED) is 0.572. The Morgan fingerprint density at radius 3 is 2.23 bits per heavy atom. The molecule has 1 fully saturated rings. The van der Waals surface area contributed by atoms with Gasteiger partial charge in [-0.3, -0.25) is 9.69 Å². The van der Waals surface area contributed by atoms with Crippen LogP contribution in [0.15, 0.2) is 0 Å². The maximum absolute atomic E-state index is 11.5. The SMILES string of the molecule is CN1C(=O)N(C)C(O)C(C)(C)C1=O. The van der Waals surface area contributed by atoms with Crippen LogP contribution < -0.4 is 0 Å². The fraction of sp³-hybridized carbons (Fsp3) is 0.750. The van der Waals surface area contributed by atoms with E-state index in [2.05, 4.69) is 0 Å². The van der Waals surface area contributed by atoms with Crippen LogP contribution in [-0.2, 0) is 4.79 Å². The van der Waals surface area contributed by atoms with Crippen LogP contribution in [0.5, 0.6) is 0 Å². The van der Waals surface area contributed by atoms with Crippen molar-refractivity contribution in [1.82, 2.24) is 9.80 Å². The van der Waals surface area contributed by atoms with Gasteiger partial charge in [0.05, 0.1) is 5.41 Å². The summed E-state index contributed by atoms with van der Waals surface area (Å²) in [6.45, 7) is 3.22. The second kappa shape index (κ2) is 2.70. The standard InChI is InChI=1S/C8H14N2O3/c1-8(2)5(11)9(3)7(13)10(4)6(8)12/h5,11H,1-4H3. The van der Waals surface area contributed by atoms with Crippen molar-refractivity contribution in [3.05, 3.63) is 0 Å². The predicted octanol–water partition coefficient (Wildman–Crippen LogP) is -0.145. The number of hydrogen-bond donors (Lipinski definition) is 1. The Hall–Kier alpha value is -1.10. The van der Waals surface area contributed by atoms with Gasteiger partial charge >= 0.3 is 6.03 Å². The Kier molecular flexibility index (Phi) is 2.07. The number of amides is 3. The molecule has 1 aliphatic rings. The van der Waals surface area contributed by atoms with E-state index in [9.17, 15) is 14.7 Å². The van der Waals surface area contributed by atoms with Crippen molar-refractivity contribution in [3.63, 3.8) is 0 Å². The molecule has 3 amide bonds. The molecule has 0 radical (unpaired) electrons. The number of nitrogens with zero attached hydrogens (tertiary/aromatic N) is 2. The molecule has 0 saturated carbocycles. The summed E-state index contributed by atoms with van der Waals surface area (Å²) in [6.07, 6.45) is -1.05. The van der Waals surface area contributed by atoms with Crippen LogP contribution in [0.1, 0.15) is 13.8 Å². The first-order chi connectivity index (χ1) is 5.80. The first kappa shape index (κ1) is 9.98. The third kappa shape index (κ3) is 1.19. The number of urea groups is 1. The summed E-state index contributed by atoms with van der Waals surface area (Å²) in [4.78, 5) is 25.0. The molecule has 1 saturated heterocycles. The van der Waals surface area contributed by atoms with Gasteiger partial charge in [0.25, 0.3) is 0 Å². The lowest BCUT2D eigenvalue weighted by molar-refractivity contribution is -0.157. The first-order valence-corrected chi connectivity index (χ1v) is 4.03. The van der Waals surface area contributed by atoms with E-state index in [1.54, 1.807) is 13.8 Å². The number of rotatable bonds is 0. The average molecular weight is 186 g/mol. The number of aliphatic hydroxyl groups is 1. The highest BCUT2D eigenvalue weighted by Gasteiger charge is 2.48. The van der Waals surface area contributed by atoms with E-state index in [1.807, 2.05) is 0 Å². The highest BCUT2D eigenvalue weighted by atomic mass is 16.3. The normalized spacial score (nSPS) is 28.2. The van der Waals surface area contributed by atoms with Crippen molar-refractivity contribution >= 4 is 11.9 Å². The zero-order valence-corrected chi connectivity index (χ0v) is 8.24. The largest absolute Gasteiger partial charge is 0.372 e. The zero-order valence-electron chi connectivity index (χ0n) is 8.24. The Balaban J connectivity index is 3.07. The molecule has 1 heterocycles. The van der Waals surface area contributed by atoms with Crippen molar-refractivity contribution in [1.29, 1.82) is 0 Å². The number of aliphatic hydroxyl groups excluding tert-OH is 1. The number of imide groups is 1. The Morgan fingerprint density at radius 2 is 1.77 bits per heavy atom. The molecule has 5 nitrogen and oxygen atoms in total. The first-order valence-electron chi connectivity index (χ1n) is 4.03. The lowest BCUT2D eigenvalue weighted by Crippen LogP contribution is -2.63. The van der Waals surface area contributed by atoms with Gasteiger partial charge in [-0.05, 0) is 13.8 Å². The molecule has 1 N–H and O–H groups in total. The predicted molar refractivity (Wildman–Crippen MR) is 45.7 cm³/mol. The molecule has 1 atom stereocenters. The van der Waals surface area contributed by atoms with Crippen molar-refractivity contribution in [3.8, 4) is 0 Å². The average Bonchev–Trinajstić information content (AvgIpc) is 2.09. The molecule has 0 spiro atoms. The summed E-state index contributed by atoms with van der Waals surface area (Å²) >= 11 is 0. The van der Waals surface area contributed by atoms with Gasteiger partial charge in [0.2, 0.25) is 5.91 Å². The number of carbonyl (C=O) groups excluding carboxylic acids is 2. The molecule has 1 unspecified atom stereocenters. The smallest absolute Gasteiger partial charge is 0.328 e. The molecule has 5 heteroatoms. The van der Waals surface area contributed by atoms with E-state index in [4.69, 9.17) is 0 Å². The van der Waals surface area contributed by atoms with Crippen molar-refractivity contribution in [2.45, 2.75) is 20.1 Å². The minimum Gasteiger partial charge on any atom is -0.372 e. The van der Waals surface area contributed by atoms with Crippen LogP contribution in [-0.4, -0.2) is 47.2 Å². The molecule has 0 aromatic rings. The molecule has 74 valence electrons. The van der Waals surface area contributed by atoms with E-state index in [0.29, 0.717) is 0 Å². The van der Waals surface area contributed by atoms with E-state index >= 15 is 0 Å². The molecule has 0 aromatic heterocycles. The third-order valence-corrected chi connectivity index (χ3v) is 2.46. The minimum absolute atomic E-state index is 0.358. The molecule has 0 bridgehead atoms. The second-order valence-corrected chi connectivity index (χ2v) is 3.85. The van der Waals surface area contributed by atoms with Crippen LogP contribution in [0, 0.1) is 5.41 Å². The fourth-order valence-electron chi connectivity index (χ4n) is 1.45. The maximum atomic E-state index is 11.5. The Labute approximate surface area is 76.9 Å². The van der Waals surface area contributed by atoms with Gasteiger partial charge in [0.15, 0.2) is 0 Å². The molecular formula is C8H14N2O3. The van der Waals surface area contributed by atoms with Gasteiger partial charge in [-0.15, -0.1) is 0 Å². The summed E-state index contributed by atoms with van der Waals surface area (Å²) in [5.41, 5.74) is -0.933. The fourth-order valence-corrected chi connectivity index (χ4v) is 1.45. The van der Waals surface area contributed by atoms with Gasteiger partial charge in [-0.1, -0.05) is 0 Å². The monoisotopic (exact) mass is 186 g/mol. The highest BCUT2D eigenvalue weighted by Crippen LogP contribution is 2.30. The van der Waals surface area contributed by atoms with Gasteiger partial charge < -0.3 is 10.0 Å². The van der Waals surface area contributed by atoms with Gasteiger partial charge in [-0.2, -0.15) is 0 Å². The molecule has 1 aliphatic heterocycles. The van der Waals surface area contributed by atoms with Crippen LogP contribution in [0.2, 0.25) is 0 Å². The lowest BCUT2D eigenvalue weighted by Gasteiger charge is -2.43. The summed E-state index contributed by atoms with van der Waals surface area (Å²) < 4.78 is 0.